The SMILES string of the molecule is CCCc1cccc(OCCCC(=O)N(C)C)c1. The minimum Gasteiger partial charge on any atom is -0.494 e. The molecule has 0 saturated carbocycles. The van der Waals surface area contributed by atoms with Crippen LogP contribution in [0.1, 0.15) is 31.7 Å². The summed E-state index contributed by atoms with van der Waals surface area (Å²) in [6.07, 6.45) is 3.52. The van der Waals surface area contributed by atoms with Crippen molar-refractivity contribution < 1.29 is 9.53 Å². The molecule has 0 atom stereocenters. The Balaban J connectivity index is 2.30. The Kier molecular flexibility index (Phi) is 6.26. The van der Waals surface area contributed by atoms with Gasteiger partial charge in [0, 0.05) is 20.5 Å². The summed E-state index contributed by atoms with van der Waals surface area (Å²) in [7, 11) is 3.55. The quantitative estimate of drug-likeness (QED) is 0.695. The fourth-order valence-electron chi connectivity index (χ4n) is 1.72. The Morgan fingerprint density at radius 1 is 1.33 bits per heavy atom. The predicted octanol–water partition coefficient (Wildman–Crippen LogP) is 2.89. The first-order valence-corrected chi connectivity index (χ1v) is 6.55. The summed E-state index contributed by atoms with van der Waals surface area (Å²) < 4.78 is 5.65. The Morgan fingerprint density at radius 2 is 2.11 bits per heavy atom. The highest BCUT2D eigenvalue weighted by Gasteiger charge is 2.03. The van der Waals surface area contributed by atoms with Crippen LogP contribution in [0.3, 0.4) is 0 Å². The summed E-state index contributed by atoms with van der Waals surface area (Å²) >= 11 is 0. The number of hydrogen-bond donors (Lipinski definition) is 0. The molecule has 0 bridgehead atoms. The molecule has 0 N–H and O–H groups in total. The second-order valence-electron chi connectivity index (χ2n) is 4.64. The van der Waals surface area contributed by atoms with Crippen molar-refractivity contribution in [3.63, 3.8) is 0 Å². The lowest BCUT2D eigenvalue weighted by Gasteiger charge is -2.11. The van der Waals surface area contributed by atoms with Gasteiger partial charge in [0.15, 0.2) is 0 Å². The third kappa shape index (κ3) is 5.21. The predicted molar refractivity (Wildman–Crippen MR) is 73.9 cm³/mol. The van der Waals surface area contributed by atoms with Gasteiger partial charge in [-0.15, -0.1) is 0 Å². The lowest BCUT2D eigenvalue weighted by atomic mass is 10.1. The van der Waals surface area contributed by atoms with Crippen LogP contribution in [-0.2, 0) is 11.2 Å². The fourth-order valence-corrected chi connectivity index (χ4v) is 1.72. The highest BCUT2D eigenvalue weighted by atomic mass is 16.5. The molecular formula is C15H23NO2. The van der Waals surface area contributed by atoms with Gasteiger partial charge in [0.05, 0.1) is 6.61 Å². The number of ether oxygens (including phenoxy) is 1. The minimum atomic E-state index is 0.151. The molecule has 1 amide bonds. The van der Waals surface area contributed by atoms with Gasteiger partial charge in [-0.05, 0) is 30.5 Å². The monoisotopic (exact) mass is 249 g/mol. The van der Waals surface area contributed by atoms with Gasteiger partial charge in [0.2, 0.25) is 5.91 Å². The van der Waals surface area contributed by atoms with Gasteiger partial charge in [0.1, 0.15) is 5.75 Å². The highest BCUT2D eigenvalue weighted by Crippen LogP contribution is 2.15. The van der Waals surface area contributed by atoms with Crippen LogP contribution in [0, 0.1) is 0 Å². The van der Waals surface area contributed by atoms with E-state index in [1.54, 1.807) is 19.0 Å². The summed E-state index contributed by atoms with van der Waals surface area (Å²) in [5.74, 6) is 1.05. The molecule has 0 saturated heterocycles. The zero-order valence-electron chi connectivity index (χ0n) is 11.6. The van der Waals surface area contributed by atoms with Crippen molar-refractivity contribution in [2.75, 3.05) is 20.7 Å². The third-order valence-corrected chi connectivity index (χ3v) is 2.74. The number of amides is 1. The zero-order valence-corrected chi connectivity index (χ0v) is 11.6. The van der Waals surface area contributed by atoms with Crippen LogP contribution in [0.5, 0.6) is 5.75 Å². The summed E-state index contributed by atoms with van der Waals surface area (Å²) in [6.45, 7) is 2.76. The first kappa shape index (κ1) is 14.6. The van der Waals surface area contributed by atoms with Gasteiger partial charge in [-0.1, -0.05) is 25.5 Å². The van der Waals surface area contributed by atoms with Crippen molar-refractivity contribution in [1.82, 2.24) is 4.90 Å². The smallest absolute Gasteiger partial charge is 0.222 e. The van der Waals surface area contributed by atoms with E-state index in [1.165, 1.54) is 5.56 Å². The summed E-state index contributed by atoms with van der Waals surface area (Å²) in [6, 6.07) is 8.18. The number of hydrogen-bond acceptors (Lipinski definition) is 2. The number of aryl methyl sites for hydroxylation is 1. The van der Waals surface area contributed by atoms with Crippen LogP contribution in [0.4, 0.5) is 0 Å². The number of carbonyl (C=O) groups excluding carboxylic acids is 1. The molecule has 3 heteroatoms. The first-order valence-electron chi connectivity index (χ1n) is 6.55. The van der Waals surface area contributed by atoms with Crippen molar-refractivity contribution in [2.45, 2.75) is 32.6 Å². The van der Waals surface area contributed by atoms with E-state index in [-0.39, 0.29) is 5.91 Å². The summed E-state index contributed by atoms with van der Waals surface area (Å²) in [5, 5.41) is 0. The van der Waals surface area contributed by atoms with E-state index in [9.17, 15) is 4.79 Å². The molecule has 1 rings (SSSR count). The van der Waals surface area contributed by atoms with Crippen molar-refractivity contribution in [1.29, 1.82) is 0 Å². The molecule has 18 heavy (non-hydrogen) atoms. The van der Waals surface area contributed by atoms with E-state index in [1.807, 2.05) is 12.1 Å². The lowest BCUT2D eigenvalue weighted by molar-refractivity contribution is -0.128. The van der Waals surface area contributed by atoms with E-state index < -0.39 is 0 Å². The summed E-state index contributed by atoms with van der Waals surface area (Å²) in [5.41, 5.74) is 1.30. The van der Waals surface area contributed by atoms with Gasteiger partial charge >= 0.3 is 0 Å². The third-order valence-electron chi connectivity index (χ3n) is 2.74. The van der Waals surface area contributed by atoms with E-state index in [2.05, 4.69) is 19.1 Å². The van der Waals surface area contributed by atoms with Crippen LogP contribution in [0.15, 0.2) is 24.3 Å². The van der Waals surface area contributed by atoms with Crippen LogP contribution < -0.4 is 4.74 Å². The van der Waals surface area contributed by atoms with Gasteiger partial charge in [-0.2, -0.15) is 0 Å². The van der Waals surface area contributed by atoms with Gasteiger partial charge in [-0.3, -0.25) is 4.79 Å². The molecule has 0 spiro atoms. The molecule has 0 heterocycles. The van der Waals surface area contributed by atoms with Crippen molar-refractivity contribution >= 4 is 5.91 Å². The Labute approximate surface area is 110 Å². The standard InChI is InChI=1S/C15H23NO2/c1-4-7-13-8-5-9-14(12-13)18-11-6-10-15(17)16(2)3/h5,8-9,12H,4,6-7,10-11H2,1-3H3. The Bertz CT molecular complexity index is 375. The van der Waals surface area contributed by atoms with Crippen LogP contribution in [0.2, 0.25) is 0 Å². The second-order valence-corrected chi connectivity index (χ2v) is 4.64. The highest BCUT2D eigenvalue weighted by molar-refractivity contribution is 5.75. The maximum Gasteiger partial charge on any atom is 0.222 e. The molecular weight excluding hydrogens is 226 g/mol. The van der Waals surface area contributed by atoms with Crippen LogP contribution in [0.25, 0.3) is 0 Å². The number of rotatable bonds is 7. The molecule has 0 aliphatic rings. The molecule has 0 unspecified atom stereocenters. The van der Waals surface area contributed by atoms with Crippen molar-refractivity contribution in [3.05, 3.63) is 29.8 Å². The largest absolute Gasteiger partial charge is 0.494 e. The molecule has 1 aromatic carbocycles. The topological polar surface area (TPSA) is 29.5 Å². The Morgan fingerprint density at radius 3 is 2.78 bits per heavy atom. The van der Waals surface area contributed by atoms with Gasteiger partial charge in [0.25, 0.3) is 0 Å². The number of carbonyl (C=O) groups is 1. The molecule has 3 nitrogen and oxygen atoms in total. The molecule has 1 aromatic rings. The maximum atomic E-state index is 11.4. The lowest BCUT2D eigenvalue weighted by Crippen LogP contribution is -2.21. The van der Waals surface area contributed by atoms with Crippen LogP contribution in [-0.4, -0.2) is 31.5 Å². The average Bonchev–Trinajstić information content (AvgIpc) is 2.35. The number of nitrogens with zero attached hydrogens (tertiary/aromatic N) is 1. The van der Waals surface area contributed by atoms with E-state index in [0.717, 1.165) is 25.0 Å². The Hall–Kier alpha value is -1.51. The molecule has 0 fully saturated rings. The number of benzene rings is 1. The fraction of sp³-hybridized carbons (Fsp3) is 0.533. The molecule has 0 aliphatic carbocycles. The second kappa shape index (κ2) is 7.75. The van der Waals surface area contributed by atoms with E-state index in [0.29, 0.717) is 13.0 Å². The maximum absolute atomic E-state index is 11.4. The normalized spacial score (nSPS) is 10.2. The van der Waals surface area contributed by atoms with Crippen molar-refractivity contribution in [3.8, 4) is 5.75 Å². The van der Waals surface area contributed by atoms with Gasteiger partial charge < -0.3 is 9.64 Å². The molecule has 100 valence electrons. The molecule has 0 aromatic heterocycles. The van der Waals surface area contributed by atoms with Crippen LogP contribution >= 0.6 is 0 Å². The van der Waals surface area contributed by atoms with E-state index >= 15 is 0 Å². The molecule has 0 aliphatic heterocycles. The summed E-state index contributed by atoms with van der Waals surface area (Å²) in [4.78, 5) is 13.0. The first-order chi connectivity index (χ1) is 8.63. The van der Waals surface area contributed by atoms with E-state index in [4.69, 9.17) is 4.74 Å². The van der Waals surface area contributed by atoms with Crippen molar-refractivity contribution in [2.24, 2.45) is 0 Å². The molecule has 0 radical (unpaired) electrons. The zero-order chi connectivity index (χ0) is 13.4. The minimum absolute atomic E-state index is 0.151. The average molecular weight is 249 g/mol. The van der Waals surface area contributed by atoms with Gasteiger partial charge in [-0.25, -0.2) is 0 Å².